The van der Waals surface area contributed by atoms with E-state index in [1.54, 1.807) is 0 Å². The average molecular weight is 319 g/mol. The molecule has 0 spiro atoms. The summed E-state index contributed by atoms with van der Waals surface area (Å²) in [5.41, 5.74) is 0.0833. The summed E-state index contributed by atoms with van der Waals surface area (Å²) in [7, 11) is 0. The highest BCUT2D eigenvalue weighted by molar-refractivity contribution is 5.88. The zero-order chi connectivity index (χ0) is 16.4. The lowest BCUT2D eigenvalue weighted by molar-refractivity contribution is 0.181. The Hall–Kier alpha value is -2.67. The van der Waals surface area contributed by atoms with Crippen LogP contribution in [0.1, 0.15) is 11.7 Å². The number of hydrogen-bond acceptors (Lipinski definition) is 4. The third-order valence-corrected chi connectivity index (χ3v) is 3.39. The van der Waals surface area contributed by atoms with E-state index < -0.39 is 29.1 Å². The van der Waals surface area contributed by atoms with Crippen LogP contribution in [0, 0.1) is 17.5 Å². The van der Waals surface area contributed by atoms with Crippen LogP contribution in [-0.2, 0) is 0 Å². The molecule has 118 valence electrons. The number of nitrogens with zero attached hydrogens (tertiary/aromatic N) is 2. The predicted octanol–water partition coefficient (Wildman–Crippen LogP) is 3.19. The van der Waals surface area contributed by atoms with Crippen LogP contribution in [0.5, 0.6) is 0 Å². The molecule has 23 heavy (non-hydrogen) atoms. The summed E-state index contributed by atoms with van der Waals surface area (Å²) < 4.78 is 40.6. The maximum Gasteiger partial charge on any atom is 0.137 e. The van der Waals surface area contributed by atoms with Gasteiger partial charge in [-0.05, 0) is 30.3 Å². The van der Waals surface area contributed by atoms with Gasteiger partial charge in [0.2, 0.25) is 0 Å². The SMILES string of the molecule is OC(CNc1ncnc2ccc(F)cc12)c1c(F)cccc1F. The third-order valence-electron chi connectivity index (χ3n) is 3.39. The molecule has 0 radical (unpaired) electrons. The van der Waals surface area contributed by atoms with Crippen LogP contribution in [0.4, 0.5) is 19.0 Å². The molecule has 1 aromatic heterocycles. The molecule has 0 aliphatic rings. The van der Waals surface area contributed by atoms with Gasteiger partial charge in [-0.25, -0.2) is 23.1 Å². The van der Waals surface area contributed by atoms with Crippen LogP contribution in [-0.4, -0.2) is 21.6 Å². The summed E-state index contributed by atoms with van der Waals surface area (Å²) in [5.74, 6) is -1.86. The molecular weight excluding hydrogens is 307 g/mol. The molecule has 3 aromatic rings. The van der Waals surface area contributed by atoms with Crippen molar-refractivity contribution >= 4 is 16.7 Å². The van der Waals surface area contributed by atoms with Gasteiger partial charge in [-0.3, -0.25) is 0 Å². The number of aliphatic hydroxyl groups is 1. The molecule has 0 bridgehead atoms. The molecule has 3 rings (SSSR count). The van der Waals surface area contributed by atoms with E-state index in [2.05, 4.69) is 15.3 Å². The Kier molecular flexibility index (Phi) is 4.12. The first-order valence-electron chi connectivity index (χ1n) is 6.82. The Labute approximate surface area is 129 Å². The average Bonchev–Trinajstić information content (AvgIpc) is 2.52. The van der Waals surface area contributed by atoms with Gasteiger partial charge in [0.15, 0.2) is 0 Å². The highest BCUT2D eigenvalue weighted by Crippen LogP contribution is 2.23. The maximum atomic E-state index is 13.6. The number of aromatic nitrogens is 2. The molecule has 0 saturated carbocycles. The molecule has 0 saturated heterocycles. The van der Waals surface area contributed by atoms with Crippen molar-refractivity contribution in [2.45, 2.75) is 6.10 Å². The number of halogens is 3. The predicted molar refractivity (Wildman–Crippen MR) is 79.3 cm³/mol. The molecule has 0 aliphatic carbocycles. The van der Waals surface area contributed by atoms with Gasteiger partial charge in [0, 0.05) is 11.9 Å². The van der Waals surface area contributed by atoms with E-state index >= 15 is 0 Å². The van der Waals surface area contributed by atoms with Crippen molar-refractivity contribution in [3.8, 4) is 0 Å². The molecule has 2 N–H and O–H groups in total. The lowest BCUT2D eigenvalue weighted by Gasteiger charge is -2.15. The highest BCUT2D eigenvalue weighted by atomic mass is 19.1. The van der Waals surface area contributed by atoms with Gasteiger partial charge in [0.05, 0.1) is 11.1 Å². The smallest absolute Gasteiger partial charge is 0.137 e. The van der Waals surface area contributed by atoms with Crippen molar-refractivity contribution in [3.63, 3.8) is 0 Å². The molecule has 1 atom stereocenters. The van der Waals surface area contributed by atoms with E-state index in [0.717, 1.165) is 12.1 Å². The van der Waals surface area contributed by atoms with Crippen LogP contribution in [0.25, 0.3) is 10.9 Å². The summed E-state index contributed by atoms with van der Waals surface area (Å²) in [6, 6.07) is 7.35. The zero-order valence-electron chi connectivity index (χ0n) is 11.8. The second-order valence-corrected chi connectivity index (χ2v) is 4.92. The number of nitrogens with one attached hydrogen (secondary N) is 1. The Bertz CT molecular complexity index is 837. The molecule has 1 heterocycles. The van der Waals surface area contributed by atoms with Crippen molar-refractivity contribution in [3.05, 3.63) is 65.7 Å². The highest BCUT2D eigenvalue weighted by Gasteiger charge is 2.18. The van der Waals surface area contributed by atoms with Crippen molar-refractivity contribution in [2.75, 3.05) is 11.9 Å². The summed E-state index contributed by atoms with van der Waals surface area (Å²) in [4.78, 5) is 7.97. The Morgan fingerprint density at radius 1 is 1.04 bits per heavy atom. The number of aliphatic hydroxyl groups excluding tert-OH is 1. The summed E-state index contributed by atoms with van der Waals surface area (Å²) in [6.07, 6.45) is -0.145. The standard InChI is InChI=1S/C16H12F3N3O/c17-9-4-5-13-10(6-9)16(22-8-21-13)20-7-14(23)15-11(18)2-1-3-12(15)19/h1-6,8,14,23H,7H2,(H,20,21,22). The number of fused-ring (bicyclic) bond motifs is 1. The zero-order valence-corrected chi connectivity index (χ0v) is 11.8. The van der Waals surface area contributed by atoms with Gasteiger partial charge in [0.1, 0.15) is 35.7 Å². The lowest BCUT2D eigenvalue weighted by Crippen LogP contribution is -2.16. The van der Waals surface area contributed by atoms with E-state index in [0.29, 0.717) is 10.9 Å². The number of benzene rings is 2. The first kappa shape index (κ1) is 15.2. The molecule has 0 aliphatic heterocycles. The third kappa shape index (κ3) is 3.09. The summed E-state index contributed by atoms with van der Waals surface area (Å²) in [5, 5.41) is 13.2. The van der Waals surface area contributed by atoms with Crippen LogP contribution in [0.15, 0.2) is 42.7 Å². The van der Waals surface area contributed by atoms with Crippen molar-refractivity contribution in [1.29, 1.82) is 0 Å². The van der Waals surface area contributed by atoms with Gasteiger partial charge in [0.25, 0.3) is 0 Å². The first-order valence-corrected chi connectivity index (χ1v) is 6.82. The Morgan fingerprint density at radius 2 is 1.78 bits per heavy atom. The van der Waals surface area contributed by atoms with Gasteiger partial charge < -0.3 is 10.4 Å². The minimum atomic E-state index is -1.42. The quantitative estimate of drug-likeness (QED) is 0.775. The number of hydrogen-bond donors (Lipinski definition) is 2. The lowest BCUT2D eigenvalue weighted by atomic mass is 10.1. The van der Waals surface area contributed by atoms with Gasteiger partial charge in [-0.1, -0.05) is 6.07 Å². The Balaban J connectivity index is 1.85. The fraction of sp³-hybridized carbons (Fsp3) is 0.125. The van der Waals surface area contributed by atoms with E-state index in [1.165, 1.54) is 30.6 Å². The molecule has 1 unspecified atom stereocenters. The van der Waals surface area contributed by atoms with Crippen LogP contribution >= 0.6 is 0 Å². The van der Waals surface area contributed by atoms with E-state index in [9.17, 15) is 18.3 Å². The molecular formula is C16H12F3N3O. The van der Waals surface area contributed by atoms with E-state index in [1.807, 2.05) is 0 Å². The van der Waals surface area contributed by atoms with Crippen LogP contribution in [0.2, 0.25) is 0 Å². The fourth-order valence-electron chi connectivity index (χ4n) is 2.29. The van der Waals surface area contributed by atoms with Gasteiger partial charge in [-0.2, -0.15) is 0 Å². The molecule has 0 amide bonds. The second kappa shape index (κ2) is 6.21. The molecule has 2 aromatic carbocycles. The fourth-order valence-corrected chi connectivity index (χ4v) is 2.29. The van der Waals surface area contributed by atoms with Crippen molar-refractivity contribution < 1.29 is 18.3 Å². The monoisotopic (exact) mass is 319 g/mol. The second-order valence-electron chi connectivity index (χ2n) is 4.92. The van der Waals surface area contributed by atoms with Crippen LogP contribution in [0.3, 0.4) is 0 Å². The van der Waals surface area contributed by atoms with Gasteiger partial charge >= 0.3 is 0 Å². The summed E-state index contributed by atoms with van der Waals surface area (Å²) in [6.45, 7) is -0.194. The molecule has 4 nitrogen and oxygen atoms in total. The van der Waals surface area contributed by atoms with Crippen molar-refractivity contribution in [1.82, 2.24) is 9.97 Å². The minimum absolute atomic E-state index is 0.194. The normalized spacial score (nSPS) is 12.3. The van der Waals surface area contributed by atoms with E-state index in [4.69, 9.17) is 0 Å². The summed E-state index contributed by atoms with van der Waals surface area (Å²) >= 11 is 0. The maximum absolute atomic E-state index is 13.6. The number of anilines is 1. The van der Waals surface area contributed by atoms with Gasteiger partial charge in [-0.15, -0.1) is 0 Å². The molecule has 7 heteroatoms. The Morgan fingerprint density at radius 3 is 2.52 bits per heavy atom. The van der Waals surface area contributed by atoms with Crippen molar-refractivity contribution in [2.24, 2.45) is 0 Å². The van der Waals surface area contributed by atoms with Crippen LogP contribution < -0.4 is 5.32 Å². The largest absolute Gasteiger partial charge is 0.386 e. The first-order chi connectivity index (χ1) is 11.1. The molecule has 0 fully saturated rings. The topological polar surface area (TPSA) is 58.0 Å². The number of rotatable bonds is 4. The minimum Gasteiger partial charge on any atom is -0.386 e. The van der Waals surface area contributed by atoms with E-state index in [-0.39, 0.29) is 12.4 Å².